The summed E-state index contributed by atoms with van der Waals surface area (Å²) < 4.78 is 28.2. The molecule has 2 heterocycles. The second kappa shape index (κ2) is 9.22. The number of aromatic nitrogens is 3. The first kappa shape index (κ1) is 24.0. The molecule has 0 atom stereocenters. The van der Waals surface area contributed by atoms with Gasteiger partial charge in [-0.25, -0.2) is 23.1 Å². The number of fused-ring (bicyclic) bond motifs is 1. The van der Waals surface area contributed by atoms with Crippen LogP contribution >= 0.6 is 23.2 Å². The first-order valence-electron chi connectivity index (χ1n) is 10.00. The van der Waals surface area contributed by atoms with Crippen molar-refractivity contribution in [2.24, 2.45) is 0 Å². The highest BCUT2D eigenvalue weighted by Crippen LogP contribution is 2.35. The molecule has 4 aromatic rings. The first-order chi connectivity index (χ1) is 16.2. The van der Waals surface area contributed by atoms with Crippen molar-refractivity contribution < 1.29 is 13.3 Å². The van der Waals surface area contributed by atoms with Gasteiger partial charge in [-0.15, -0.1) is 4.73 Å². The van der Waals surface area contributed by atoms with Crippen molar-refractivity contribution in [2.45, 2.75) is 11.8 Å². The number of hydrogen-bond donors (Lipinski definition) is 2. The quantitative estimate of drug-likeness (QED) is 0.399. The molecule has 4 rings (SSSR count). The van der Waals surface area contributed by atoms with Crippen LogP contribution in [-0.4, -0.2) is 36.8 Å². The van der Waals surface area contributed by atoms with Gasteiger partial charge in [0.05, 0.1) is 25.9 Å². The molecule has 2 aromatic heterocycles. The molecule has 34 heavy (non-hydrogen) atoms. The molecule has 0 aliphatic rings. The predicted octanol–water partition coefficient (Wildman–Crippen LogP) is 3.37. The molecule has 0 radical (unpaired) electrons. The van der Waals surface area contributed by atoms with E-state index in [-0.39, 0.29) is 44.3 Å². The van der Waals surface area contributed by atoms with E-state index < -0.39 is 15.6 Å². The van der Waals surface area contributed by atoms with E-state index in [1.807, 2.05) is 0 Å². The number of nitrogens with two attached hydrogens (primary N) is 1. The van der Waals surface area contributed by atoms with Crippen molar-refractivity contribution in [3.63, 3.8) is 0 Å². The van der Waals surface area contributed by atoms with E-state index in [0.29, 0.717) is 16.5 Å². The summed E-state index contributed by atoms with van der Waals surface area (Å²) in [4.78, 5) is 27.4. The Morgan fingerprint density at radius 3 is 2.41 bits per heavy atom. The minimum atomic E-state index is -3.70. The number of benzene rings is 2. The molecule has 0 aliphatic heterocycles. The third-order valence-electron chi connectivity index (χ3n) is 5.00. The van der Waals surface area contributed by atoms with Crippen molar-refractivity contribution in [3.05, 3.63) is 68.9 Å². The zero-order valence-electron chi connectivity index (χ0n) is 18.0. The number of hydrogen-bond acceptors (Lipinski definition) is 7. The van der Waals surface area contributed by atoms with Gasteiger partial charge < -0.3 is 10.6 Å². The fourth-order valence-corrected chi connectivity index (χ4v) is 5.18. The Morgan fingerprint density at radius 1 is 1.09 bits per heavy atom. The second-order valence-electron chi connectivity index (χ2n) is 7.14. The molecule has 0 unspecified atom stereocenters. The van der Waals surface area contributed by atoms with Crippen LogP contribution in [0.2, 0.25) is 10.0 Å². The summed E-state index contributed by atoms with van der Waals surface area (Å²) in [5.41, 5.74) is 6.66. The van der Waals surface area contributed by atoms with Gasteiger partial charge in [-0.2, -0.15) is 0 Å². The highest BCUT2D eigenvalue weighted by molar-refractivity contribution is 7.89. The van der Waals surface area contributed by atoms with Gasteiger partial charge in [0.15, 0.2) is 11.5 Å². The topological polar surface area (TPSA) is 129 Å². The molecule has 0 bridgehead atoms. The first-order valence-corrected chi connectivity index (χ1v) is 12.2. The fraction of sp³-hybridized carbons (Fsp3) is 0.136. The fourth-order valence-electron chi connectivity index (χ4n) is 3.49. The van der Waals surface area contributed by atoms with Crippen LogP contribution in [0.5, 0.6) is 0 Å². The van der Waals surface area contributed by atoms with Gasteiger partial charge in [0.2, 0.25) is 10.0 Å². The molecule has 0 saturated heterocycles. The summed E-state index contributed by atoms with van der Waals surface area (Å²) >= 11 is 12.6. The monoisotopic (exact) mass is 519 g/mol. The normalized spacial score (nSPS) is 11.6. The second-order valence-corrected chi connectivity index (χ2v) is 9.72. The molecule has 0 fully saturated rings. The number of nitrogens with zero attached hydrogens (tertiary/aromatic N) is 3. The van der Waals surface area contributed by atoms with Crippen LogP contribution in [0.15, 0.2) is 58.2 Å². The molecule has 3 N–H and O–H groups in total. The summed E-state index contributed by atoms with van der Waals surface area (Å²) in [5.74, 6) is 0.169. The zero-order valence-corrected chi connectivity index (χ0v) is 20.4. The summed E-state index contributed by atoms with van der Waals surface area (Å²) in [6.45, 7) is 1.92. The lowest BCUT2D eigenvalue weighted by Gasteiger charge is -2.14. The van der Waals surface area contributed by atoms with Gasteiger partial charge in [0, 0.05) is 17.7 Å². The number of nitrogen functional groups attached to an aromatic ring is 1. The summed E-state index contributed by atoms with van der Waals surface area (Å²) in [6, 6.07) is 12.5. The van der Waals surface area contributed by atoms with Crippen LogP contribution < -0.4 is 20.9 Å². The maximum Gasteiger partial charge on any atom is 0.293 e. The third-order valence-corrected chi connectivity index (χ3v) is 7.18. The molecule has 0 saturated carbocycles. The highest BCUT2D eigenvalue weighted by Gasteiger charge is 2.21. The Balaban J connectivity index is 1.96. The van der Waals surface area contributed by atoms with E-state index in [4.69, 9.17) is 33.8 Å². The zero-order chi connectivity index (χ0) is 24.6. The maximum absolute atomic E-state index is 13.3. The van der Waals surface area contributed by atoms with Crippen LogP contribution in [0, 0.1) is 0 Å². The van der Waals surface area contributed by atoms with Crippen molar-refractivity contribution in [1.82, 2.24) is 19.4 Å². The third kappa shape index (κ3) is 4.21. The average molecular weight is 520 g/mol. The highest BCUT2D eigenvalue weighted by atomic mass is 35.5. The minimum Gasteiger partial charge on any atom is -0.412 e. The van der Waals surface area contributed by atoms with E-state index in [0.717, 1.165) is 4.73 Å². The Bertz CT molecular complexity index is 1570. The standard InChI is InChI=1S/C22H19Cl2N5O4S/c1-3-26-34(31,32)13-7-4-6-12(10-13)20-27-19(25)15-11-14(18-16(23)8-5-9-17(18)24)22(30)29(33-2)21(15)28-20/h4-11,26H,3H2,1-2H3,(H2,25,27,28). The molecule has 0 spiro atoms. The number of sulfonamides is 1. The maximum atomic E-state index is 13.3. The molecule has 0 aliphatic carbocycles. The molecular weight excluding hydrogens is 501 g/mol. The Hall–Kier alpha value is -3.18. The predicted molar refractivity (Wildman–Crippen MR) is 132 cm³/mol. The molecule has 9 nitrogen and oxygen atoms in total. The lowest BCUT2D eigenvalue weighted by atomic mass is 10.1. The van der Waals surface area contributed by atoms with Crippen LogP contribution in [-0.2, 0) is 10.0 Å². The number of halogens is 2. The van der Waals surface area contributed by atoms with Crippen LogP contribution in [0.25, 0.3) is 33.5 Å². The van der Waals surface area contributed by atoms with Gasteiger partial charge in [-0.3, -0.25) is 4.79 Å². The Morgan fingerprint density at radius 2 is 1.76 bits per heavy atom. The van der Waals surface area contributed by atoms with Gasteiger partial charge in [0.25, 0.3) is 5.56 Å². The number of rotatable bonds is 6. The van der Waals surface area contributed by atoms with E-state index in [1.165, 1.54) is 25.3 Å². The lowest BCUT2D eigenvalue weighted by Crippen LogP contribution is -2.27. The average Bonchev–Trinajstić information content (AvgIpc) is 2.79. The van der Waals surface area contributed by atoms with Gasteiger partial charge in [-0.05, 0) is 30.3 Å². The van der Waals surface area contributed by atoms with E-state index in [1.54, 1.807) is 37.3 Å². The van der Waals surface area contributed by atoms with Crippen LogP contribution in [0.1, 0.15) is 6.92 Å². The number of anilines is 1. The van der Waals surface area contributed by atoms with Crippen LogP contribution in [0.4, 0.5) is 5.82 Å². The van der Waals surface area contributed by atoms with Gasteiger partial charge in [0.1, 0.15) is 12.9 Å². The van der Waals surface area contributed by atoms with Crippen molar-refractivity contribution in [1.29, 1.82) is 0 Å². The molecule has 0 amide bonds. The smallest absolute Gasteiger partial charge is 0.293 e. The van der Waals surface area contributed by atoms with Crippen LogP contribution in [0.3, 0.4) is 0 Å². The Labute approximate surface area is 205 Å². The van der Waals surface area contributed by atoms with E-state index in [2.05, 4.69) is 14.7 Å². The lowest BCUT2D eigenvalue weighted by molar-refractivity contribution is 0.168. The Kier molecular flexibility index (Phi) is 6.50. The van der Waals surface area contributed by atoms with Crippen molar-refractivity contribution in [3.8, 4) is 22.5 Å². The van der Waals surface area contributed by atoms with Gasteiger partial charge in [-0.1, -0.05) is 48.3 Å². The van der Waals surface area contributed by atoms with E-state index >= 15 is 0 Å². The summed E-state index contributed by atoms with van der Waals surface area (Å²) in [5, 5.41) is 0.885. The van der Waals surface area contributed by atoms with E-state index in [9.17, 15) is 13.2 Å². The largest absolute Gasteiger partial charge is 0.412 e. The number of pyridine rings is 1. The minimum absolute atomic E-state index is 0.0435. The molecular formula is C22H19Cl2N5O4S. The summed E-state index contributed by atoms with van der Waals surface area (Å²) in [6.07, 6.45) is 0. The molecule has 12 heteroatoms. The number of nitrogens with one attached hydrogen (secondary N) is 1. The van der Waals surface area contributed by atoms with Gasteiger partial charge >= 0.3 is 0 Å². The molecule has 2 aromatic carbocycles. The van der Waals surface area contributed by atoms with Crippen molar-refractivity contribution >= 4 is 50.1 Å². The molecule has 176 valence electrons. The summed E-state index contributed by atoms with van der Waals surface area (Å²) in [7, 11) is -2.39. The SMILES string of the molecule is CCNS(=O)(=O)c1cccc(-c2nc(N)c3cc(-c4c(Cl)cccc4Cl)c(=O)n(OC)c3n2)c1. The van der Waals surface area contributed by atoms with Crippen molar-refractivity contribution in [2.75, 3.05) is 19.4 Å².